The van der Waals surface area contributed by atoms with Crippen LogP contribution in [0.1, 0.15) is 0 Å². The maximum absolute atomic E-state index is 3.42. The predicted octanol–water partition coefficient (Wildman–Crippen LogP) is 1.35. The van der Waals surface area contributed by atoms with Crippen LogP contribution in [0, 0.1) is 0 Å². The molecule has 20 heavy (non-hydrogen) atoms. The quantitative estimate of drug-likeness (QED) is 0.861. The fraction of sp³-hybridized carbons (Fsp3) is 0.571. The highest BCUT2D eigenvalue weighted by atomic mass is 35.5. The van der Waals surface area contributed by atoms with Crippen molar-refractivity contribution in [3.8, 4) is 0 Å². The maximum atomic E-state index is 3.42. The lowest BCUT2D eigenvalue weighted by molar-refractivity contribution is 0.577. The highest BCUT2D eigenvalue weighted by Gasteiger charge is 2.18. The first kappa shape index (κ1) is 17.4. The Hall–Kier alpha value is -0.680. The number of nitrogens with zero attached hydrogens (tertiary/aromatic N) is 2. The molecule has 0 radical (unpaired) electrons. The topological polar surface area (TPSA) is 30.5 Å². The molecule has 0 aromatic heterocycles. The second-order valence-electron chi connectivity index (χ2n) is 4.96. The molecule has 2 aliphatic rings. The molecule has 0 amide bonds. The summed E-state index contributed by atoms with van der Waals surface area (Å²) in [6.45, 7) is 8.83. The summed E-state index contributed by atoms with van der Waals surface area (Å²) in [4.78, 5) is 5.02. The second-order valence-corrected chi connectivity index (χ2v) is 4.96. The van der Waals surface area contributed by atoms with E-state index in [-0.39, 0.29) is 24.8 Å². The van der Waals surface area contributed by atoms with Crippen LogP contribution < -0.4 is 20.4 Å². The van der Waals surface area contributed by atoms with Crippen LogP contribution in [-0.4, -0.2) is 52.4 Å². The molecule has 4 nitrogen and oxygen atoms in total. The fourth-order valence-electron chi connectivity index (χ4n) is 2.81. The van der Waals surface area contributed by atoms with Crippen molar-refractivity contribution in [3.63, 3.8) is 0 Å². The minimum atomic E-state index is 0. The average molecular weight is 319 g/mol. The highest BCUT2D eigenvalue weighted by molar-refractivity contribution is 5.85. The first-order valence-corrected chi connectivity index (χ1v) is 6.95. The van der Waals surface area contributed by atoms with Crippen LogP contribution in [0.5, 0.6) is 0 Å². The van der Waals surface area contributed by atoms with Gasteiger partial charge in [-0.2, -0.15) is 0 Å². The van der Waals surface area contributed by atoms with Crippen LogP contribution in [0.25, 0.3) is 0 Å². The Kier molecular flexibility index (Phi) is 7.45. The number of anilines is 2. The summed E-state index contributed by atoms with van der Waals surface area (Å²) < 4.78 is 0. The lowest BCUT2D eigenvalue weighted by Crippen LogP contribution is -2.46. The van der Waals surface area contributed by atoms with E-state index in [0.29, 0.717) is 0 Å². The maximum Gasteiger partial charge on any atom is 0.0605 e. The zero-order valence-electron chi connectivity index (χ0n) is 11.7. The van der Waals surface area contributed by atoms with Gasteiger partial charge in [-0.25, -0.2) is 0 Å². The Labute approximate surface area is 133 Å². The molecule has 2 aliphatic heterocycles. The van der Waals surface area contributed by atoms with Gasteiger partial charge in [-0.1, -0.05) is 12.1 Å². The Balaban J connectivity index is 0.000001000. The van der Waals surface area contributed by atoms with Crippen LogP contribution in [0.4, 0.5) is 11.4 Å². The summed E-state index contributed by atoms with van der Waals surface area (Å²) >= 11 is 0. The Morgan fingerprint density at radius 3 is 1.35 bits per heavy atom. The largest absolute Gasteiger partial charge is 0.367 e. The van der Waals surface area contributed by atoms with Crippen molar-refractivity contribution >= 4 is 36.2 Å². The van der Waals surface area contributed by atoms with Crippen LogP contribution in [0.3, 0.4) is 0 Å². The molecule has 2 heterocycles. The van der Waals surface area contributed by atoms with E-state index in [0.717, 1.165) is 52.4 Å². The standard InChI is InChI=1S/C14H22N4.2ClH/c1-2-4-14(18-11-7-16-8-12-18)13(3-1)17-9-5-15-6-10-17;;/h1-4,15-16H,5-12H2;2*1H. The molecule has 2 fully saturated rings. The molecular formula is C14H24Cl2N4. The van der Waals surface area contributed by atoms with E-state index in [4.69, 9.17) is 0 Å². The number of halogens is 2. The molecule has 0 saturated carbocycles. The first-order chi connectivity index (χ1) is 8.95. The highest BCUT2D eigenvalue weighted by Crippen LogP contribution is 2.29. The van der Waals surface area contributed by atoms with Crippen molar-refractivity contribution in [1.29, 1.82) is 0 Å². The third-order valence-electron chi connectivity index (χ3n) is 3.80. The number of benzene rings is 1. The van der Waals surface area contributed by atoms with Gasteiger partial charge in [0.15, 0.2) is 0 Å². The van der Waals surface area contributed by atoms with E-state index in [2.05, 4.69) is 44.7 Å². The van der Waals surface area contributed by atoms with Gasteiger partial charge in [0.25, 0.3) is 0 Å². The van der Waals surface area contributed by atoms with Crippen molar-refractivity contribution in [2.24, 2.45) is 0 Å². The van der Waals surface area contributed by atoms with E-state index in [1.54, 1.807) is 0 Å². The molecular weight excluding hydrogens is 295 g/mol. The summed E-state index contributed by atoms with van der Waals surface area (Å²) in [5, 5.41) is 6.84. The molecule has 0 bridgehead atoms. The Morgan fingerprint density at radius 2 is 1.00 bits per heavy atom. The van der Waals surface area contributed by atoms with Gasteiger partial charge in [0, 0.05) is 52.4 Å². The second kappa shape index (κ2) is 8.57. The summed E-state index contributed by atoms with van der Waals surface area (Å²) in [5.74, 6) is 0. The lowest BCUT2D eigenvalue weighted by Gasteiger charge is -2.36. The summed E-state index contributed by atoms with van der Waals surface area (Å²) in [6, 6.07) is 8.84. The van der Waals surface area contributed by atoms with Gasteiger partial charge < -0.3 is 20.4 Å². The summed E-state index contributed by atoms with van der Waals surface area (Å²) in [7, 11) is 0. The molecule has 0 aliphatic carbocycles. The van der Waals surface area contributed by atoms with E-state index in [1.165, 1.54) is 11.4 Å². The van der Waals surface area contributed by atoms with Gasteiger partial charge in [0.05, 0.1) is 11.4 Å². The van der Waals surface area contributed by atoms with E-state index >= 15 is 0 Å². The average Bonchev–Trinajstić information content (AvgIpc) is 2.49. The van der Waals surface area contributed by atoms with Crippen LogP contribution >= 0.6 is 24.8 Å². The number of rotatable bonds is 2. The van der Waals surface area contributed by atoms with Crippen molar-refractivity contribution in [1.82, 2.24) is 10.6 Å². The Morgan fingerprint density at radius 1 is 0.650 bits per heavy atom. The third-order valence-corrected chi connectivity index (χ3v) is 3.80. The predicted molar refractivity (Wildman–Crippen MR) is 91.1 cm³/mol. The number of nitrogens with one attached hydrogen (secondary N) is 2. The van der Waals surface area contributed by atoms with Crippen LogP contribution in [0.15, 0.2) is 24.3 Å². The molecule has 2 N–H and O–H groups in total. The zero-order valence-corrected chi connectivity index (χ0v) is 13.3. The molecule has 0 spiro atoms. The van der Waals surface area contributed by atoms with Crippen LogP contribution in [-0.2, 0) is 0 Å². The molecule has 1 aromatic rings. The third kappa shape index (κ3) is 3.92. The van der Waals surface area contributed by atoms with E-state index in [1.807, 2.05) is 0 Å². The molecule has 6 heteroatoms. The normalized spacial score (nSPS) is 19.0. The molecule has 0 atom stereocenters. The molecule has 114 valence electrons. The number of piperazine rings is 2. The number of para-hydroxylation sites is 2. The van der Waals surface area contributed by atoms with Crippen molar-refractivity contribution in [2.45, 2.75) is 0 Å². The van der Waals surface area contributed by atoms with Gasteiger partial charge in [0.1, 0.15) is 0 Å². The first-order valence-electron chi connectivity index (χ1n) is 6.95. The number of hydrogen-bond donors (Lipinski definition) is 2. The monoisotopic (exact) mass is 318 g/mol. The SMILES string of the molecule is Cl.Cl.c1ccc(N2CCNCC2)c(N2CCNCC2)c1. The fourth-order valence-corrected chi connectivity index (χ4v) is 2.81. The zero-order chi connectivity index (χ0) is 12.2. The minimum absolute atomic E-state index is 0. The smallest absolute Gasteiger partial charge is 0.0605 e. The molecule has 0 unspecified atom stereocenters. The van der Waals surface area contributed by atoms with Crippen molar-refractivity contribution < 1.29 is 0 Å². The number of hydrogen-bond acceptors (Lipinski definition) is 4. The summed E-state index contributed by atoms with van der Waals surface area (Å²) in [5.41, 5.74) is 2.81. The van der Waals surface area contributed by atoms with Crippen molar-refractivity contribution in [3.05, 3.63) is 24.3 Å². The van der Waals surface area contributed by atoms with Gasteiger partial charge in [-0.05, 0) is 12.1 Å². The molecule has 1 aromatic carbocycles. The minimum Gasteiger partial charge on any atom is -0.367 e. The van der Waals surface area contributed by atoms with Gasteiger partial charge >= 0.3 is 0 Å². The van der Waals surface area contributed by atoms with E-state index in [9.17, 15) is 0 Å². The van der Waals surface area contributed by atoms with Crippen molar-refractivity contribution in [2.75, 3.05) is 62.2 Å². The molecule has 3 rings (SSSR count). The van der Waals surface area contributed by atoms with Gasteiger partial charge in [0.2, 0.25) is 0 Å². The Bertz CT molecular complexity index is 354. The summed E-state index contributed by atoms with van der Waals surface area (Å²) in [6.07, 6.45) is 0. The molecule has 2 saturated heterocycles. The van der Waals surface area contributed by atoms with Gasteiger partial charge in [-0.3, -0.25) is 0 Å². The van der Waals surface area contributed by atoms with Crippen LogP contribution in [0.2, 0.25) is 0 Å². The van der Waals surface area contributed by atoms with E-state index < -0.39 is 0 Å². The lowest BCUT2D eigenvalue weighted by atomic mass is 10.2. The van der Waals surface area contributed by atoms with Gasteiger partial charge in [-0.15, -0.1) is 24.8 Å².